The molecule has 0 saturated carbocycles. The molecule has 1 aromatic rings. The lowest BCUT2D eigenvalue weighted by Gasteiger charge is -2.28. The molecule has 4 heteroatoms. The number of carbonyl (C=O) groups is 2. The highest BCUT2D eigenvalue weighted by atomic mass is 16.4. The maximum absolute atomic E-state index is 11.9. The smallest absolute Gasteiger partial charge is 0.310 e. The Morgan fingerprint density at radius 2 is 1.79 bits per heavy atom. The Balaban J connectivity index is 2.74. The van der Waals surface area contributed by atoms with E-state index in [2.05, 4.69) is 5.32 Å². The molecule has 104 valence electrons. The van der Waals surface area contributed by atoms with Gasteiger partial charge < -0.3 is 10.4 Å². The summed E-state index contributed by atoms with van der Waals surface area (Å²) < 4.78 is 0. The Morgan fingerprint density at radius 1 is 1.26 bits per heavy atom. The van der Waals surface area contributed by atoms with Gasteiger partial charge in [0.1, 0.15) is 0 Å². The quantitative estimate of drug-likeness (QED) is 0.858. The molecule has 0 heterocycles. The molecule has 19 heavy (non-hydrogen) atoms. The van der Waals surface area contributed by atoms with Gasteiger partial charge in [-0.15, -0.1) is 0 Å². The molecular formula is C15H21NO3. The van der Waals surface area contributed by atoms with E-state index in [-0.39, 0.29) is 18.2 Å². The molecule has 2 N–H and O–H groups in total. The van der Waals surface area contributed by atoms with Crippen LogP contribution in [0.4, 0.5) is 5.69 Å². The van der Waals surface area contributed by atoms with Crippen LogP contribution in [-0.2, 0) is 9.59 Å². The molecule has 0 aliphatic heterocycles. The lowest BCUT2D eigenvalue weighted by molar-refractivity contribution is -0.153. The highest BCUT2D eigenvalue weighted by Gasteiger charge is 2.38. The van der Waals surface area contributed by atoms with Gasteiger partial charge in [-0.05, 0) is 31.9 Å². The predicted molar refractivity (Wildman–Crippen MR) is 75.0 cm³/mol. The fraction of sp³-hybridized carbons (Fsp3) is 0.467. The second-order valence-electron chi connectivity index (χ2n) is 5.47. The molecule has 0 aromatic heterocycles. The largest absolute Gasteiger partial charge is 0.481 e. The van der Waals surface area contributed by atoms with Crippen LogP contribution in [0.1, 0.15) is 32.8 Å². The van der Waals surface area contributed by atoms with Crippen molar-refractivity contribution in [2.75, 3.05) is 5.32 Å². The van der Waals surface area contributed by atoms with Gasteiger partial charge in [0.2, 0.25) is 5.91 Å². The number of hydrogen-bond acceptors (Lipinski definition) is 2. The molecule has 1 unspecified atom stereocenters. The molecule has 0 fully saturated rings. The van der Waals surface area contributed by atoms with Gasteiger partial charge >= 0.3 is 5.97 Å². The van der Waals surface area contributed by atoms with Crippen LogP contribution in [0.25, 0.3) is 0 Å². The summed E-state index contributed by atoms with van der Waals surface area (Å²) in [6.45, 7) is 7.20. The fourth-order valence-corrected chi connectivity index (χ4v) is 1.70. The van der Waals surface area contributed by atoms with E-state index in [0.717, 1.165) is 5.56 Å². The van der Waals surface area contributed by atoms with Gasteiger partial charge in [0.15, 0.2) is 0 Å². The van der Waals surface area contributed by atoms with Gasteiger partial charge in [-0.2, -0.15) is 0 Å². The summed E-state index contributed by atoms with van der Waals surface area (Å²) in [5.41, 5.74) is 0.747. The second kappa shape index (κ2) is 5.87. The Hall–Kier alpha value is -1.84. The zero-order valence-corrected chi connectivity index (χ0v) is 11.9. The lowest BCUT2D eigenvalue weighted by Crippen LogP contribution is -2.37. The molecule has 1 amide bonds. The van der Waals surface area contributed by atoms with Gasteiger partial charge in [0.05, 0.1) is 5.41 Å². The van der Waals surface area contributed by atoms with E-state index in [0.29, 0.717) is 5.69 Å². The van der Waals surface area contributed by atoms with Gasteiger partial charge in [-0.25, -0.2) is 0 Å². The zero-order chi connectivity index (χ0) is 14.6. The number of rotatable bonds is 5. The van der Waals surface area contributed by atoms with E-state index in [4.69, 9.17) is 0 Å². The van der Waals surface area contributed by atoms with Crippen LogP contribution in [0.5, 0.6) is 0 Å². The molecular weight excluding hydrogens is 242 g/mol. The summed E-state index contributed by atoms with van der Waals surface area (Å²) in [6, 6.07) is 7.41. The lowest BCUT2D eigenvalue weighted by atomic mass is 9.76. The maximum Gasteiger partial charge on any atom is 0.310 e. The number of hydrogen-bond donors (Lipinski definition) is 2. The van der Waals surface area contributed by atoms with Crippen molar-refractivity contribution in [2.24, 2.45) is 11.3 Å². The Labute approximate surface area is 113 Å². The molecule has 1 atom stereocenters. The highest BCUT2D eigenvalue weighted by molar-refractivity contribution is 5.94. The molecule has 0 radical (unpaired) electrons. The van der Waals surface area contributed by atoms with Crippen molar-refractivity contribution in [3.05, 3.63) is 29.8 Å². The van der Waals surface area contributed by atoms with E-state index < -0.39 is 11.4 Å². The minimum atomic E-state index is -1.05. The van der Waals surface area contributed by atoms with Crippen LogP contribution >= 0.6 is 0 Å². The van der Waals surface area contributed by atoms with Crippen molar-refractivity contribution in [1.29, 1.82) is 0 Å². The molecule has 0 saturated heterocycles. The number of aryl methyl sites for hydroxylation is 1. The number of anilines is 1. The van der Waals surface area contributed by atoms with E-state index in [1.165, 1.54) is 0 Å². The van der Waals surface area contributed by atoms with E-state index in [1.807, 2.05) is 32.9 Å². The number of carbonyl (C=O) groups excluding carboxylic acids is 1. The van der Waals surface area contributed by atoms with Crippen LogP contribution < -0.4 is 5.32 Å². The van der Waals surface area contributed by atoms with E-state index in [1.54, 1.807) is 19.1 Å². The van der Waals surface area contributed by atoms with Gasteiger partial charge in [0.25, 0.3) is 0 Å². The number of carboxylic acid groups (broad SMARTS) is 1. The molecule has 0 aliphatic carbocycles. The van der Waals surface area contributed by atoms with Crippen LogP contribution in [0.15, 0.2) is 24.3 Å². The van der Waals surface area contributed by atoms with Crippen LogP contribution in [0, 0.1) is 18.3 Å². The second-order valence-corrected chi connectivity index (χ2v) is 5.47. The first-order valence-electron chi connectivity index (χ1n) is 6.35. The Kier molecular flexibility index (Phi) is 4.70. The Bertz CT molecular complexity index is 465. The van der Waals surface area contributed by atoms with Gasteiger partial charge in [-0.1, -0.05) is 31.5 Å². The third-order valence-electron chi connectivity index (χ3n) is 3.63. The predicted octanol–water partition coefficient (Wildman–Crippen LogP) is 3.07. The third kappa shape index (κ3) is 3.81. The van der Waals surface area contributed by atoms with E-state index in [9.17, 15) is 14.7 Å². The van der Waals surface area contributed by atoms with Crippen LogP contribution in [0.2, 0.25) is 0 Å². The number of carboxylic acids is 1. The van der Waals surface area contributed by atoms with Crippen molar-refractivity contribution < 1.29 is 14.7 Å². The highest BCUT2D eigenvalue weighted by Crippen LogP contribution is 2.31. The average Bonchev–Trinajstić information content (AvgIpc) is 2.31. The minimum absolute atomic E-state index is 0.0339. The number of aliphatic carboxylic acids is 1. The van der Waals surface area contributed by atoms with Crippen LogP contribution in [0.3, 0.4) is 0 Å². The molecule has 0 spiro atoms. The van der Waals surface area contributed by atoms with Gasteiger partial charge in [-0.3, -0.25) is 9.59 Å². The molecule has 0 aliphatic rings. The van der Waals surface area contributed by atoms with E-state index >= 15 is 0 Å². The normalized spacial score (nSPS) is 13.9. The number of amides is 1. The number of benzene rings is 1. The molecule has 0 bridgehead atoms. The SMILES string of the molecule is Cc1ccc(NC(=O)CC(C)(C(=O)O)C(C)C)cc1. The average molecular weight is 263 g/mol. The summed E-state index contributed by atoms with van der Waals surface area (Å²) in [6.07, 6.45) is -0.0339. The first kappa shape index (κ1) is 15.2. The van der Waals surface area contributed by atoms with Crippen molar-refractivity contribution in [3.63, 3.8) is 0 Å². The van der Waals surface area contributed by atoms with Crippen molar-refractivity contribution in [2.45, 2.75) is 34.1 Å². The van der Waals surface area contributed by atoms with Gasteiger partial charge in [0, 0.05) is 12.1 Å². The van der Waals surface area contributed by atoms with Crippen molar-refractivity contribution in [3.8, 4) is 0 Å². The monoisotopic (exact) mass is 263 g/mol. The topological polar surface area (TPSA) is 66.4 Å². The molecule has 4 nitrogen and oxygen atoms in total. The standard InChI is InChI=1S/C15H21NO3/c1-10(2)15(4,14(18)19)9-13(17)16-12-7-5-11(3)6-8-12/h5-8,10H,9H2,1-4H3,(H,16,17)(H,18,19). The summed E-state index contributed by atoms with van der Waals surface area (Å²) in [7, 11) is 0. The summed E-state index contributed by atoms with van der Waals surface area (Å²) in [5.74, 6) is -1.34. The van der Waals surface area contributed by atoms with Crippen LogP contribution in [-0.4, -0.2) is 17.0 Å². The summed E-state index contributed by atoms with van der Waals surface area (Å²) >= 11 is 0. The third-order valence-corrected chi connectivity index (χ3v) is 3.63. The first-order valence-corrected chi connectivity index (χ1v) is 6.35. The van der Waals surface area contributed by atoms with Crippen molar-refractivity contribution >= 4 is 17.6 Å². The fourth-order valence-electron chi connectivity index (χ4n) is 1.70. The molecule has 1 aromatic carbocycles. The molecule has 1 rings (SSSR count). The first-order chi connectivity index (χ1) is 8.75. The summed E-state index contributed by atoms with van der Waals surface area (Å²) in [5, 5.41) is 12.0. The summed E-state index contributed by atoms with van der Waals surface area (Å²) in [4.78, 5) is 23.3. The minimum Gasteiger partial charge on any atom is -0.481 e. The maximum atomic E-state index is 11.9. The zero-order valence-electron chi connectivity index (χ0n) is 11.9. The Morgan fingerprint density at radius 3 is 2.21 bits per heavy atom. The number of nitrogens with one attached hydrogen (secondary N) is 1. The van der Waals surface area contributed by atoms with Crippen molar-refractivity contribution in [1.82, 2.24) is 0 Å².